The summed E-state index contributed by atoms with van der Waals surface area (Å²) in [5, 5.41) is 7.82. The number of rotatable bonds is 1. The molecule has 0 radical (unpaired) electrons. The third kappa shape index (κ3) is 1.26. The second kappa shape index (κ2) is 2.83. The molecule has 1 aliphatic rings. The van der Waals surface area contributed by atoms with Crippen LogP contribution in [0.25, 0.3) is 0 Å². The van der Waals surface area contributed by atoms with Gasteiger partial charge in [-0.25, -0.2) is 0 Å². The van der Waals surface area contributed by atoms with Crippen molar-refractivity contribution in [2.45, 2.75) is 13.0 Å². The van der Waals surface area contributed by atoms with Crippen LogP contribution < -0.4 is 10.6 Å². The number of hydrogen-bond donors (Lipinski definition) is 2. The minimum atomic E-state index is 1.05. The first-order valence-corrected chi connectivity index (χ1v) is 4.72. The smallest absolute Gasteiger partial charge is 0.0886 e. The van der Waals surface area contributed by atoms with Crippen molar-refractivity contribution in [3.63, 3.8) is 0 Å². The highest BCUT2D eigenvalue weighted by Gasteiger charge is 2.11. The molecule has 2 nitrogen and oxygen atoms in total. The molecule has 60 valence electrons. The van der Waals surface area contributed by atoms with E-state index in [2.05, 4.69) is 16.7 Å². The summed E-state index contributed by atoms with van der Waals surface area (Å²) in [7, 11) is 1.98. The van der Waals surface area contributed by atoms with Crippen molar-refractivity contribution in [3.8, 4) is 0 Å². The Morgan fingerprint density at radius 1 is 1.64 bits per heavy atom. The Morgan fingerprint density at radius 2 is 2.55 bits per heavy atom. The first kappa shape index (κ1) is 7.13. The molecule has 0 amide bonds. The van der Waals surface area contributed by atoms with Gasteiger partial charge in [-0.1, -0.05) is 0 Å². The highest BCUT2D eigenvalue weighted by Crippen LogP contribution is 2.28. The van der Waals surface area contributed by atoms with Crippen LogP contribution in [0.2, 0.25) is 0 Å². The standard InChI is InChI=1S/C8H12N2S/c1-9-8-4-6-5-10-3-2-7(6)11-8/h4,9-10H,2-3,5H2,1H3. The molecule has 0 saturated carbocycles. The van der Waals surface area contributed by atoms with E-state index >= 15 is 0 Å². The molecule has 2 rings (SSSR count). The first-order chi connectivity index (χ1) is 5.40. The summed E-state index contributed by atoms with van der Waals surface area (Å²) in [6.45, 7) is 2.18. The zero-order chi connectivity index (χ0) is 7.68. The van der Waals surface area contributed by atoms with Gasteiger partial charge in [0.25, 0.3) is 0 Å². The van der Waals surface area contributed by atoms with Gasteiger partial charge in [0.2, 0.25) is 0 Å². The second-order valence-electron chi connectivity index (χ2n) is 2.74. The maximum absolute atomic E-state index is 3.36. The topological polar surface area (TPSA) is 24.1 Å². The fourth-order valence-electron chi connectivity index (χ4n) is 1.38. The summed E-state index contributed by atoms with van der Waals surface area (Å²) in [4.78, 5) is 1.55. The molecule has 0 atom stereocenters. The van der Waals surface area contributed by atoms with Gasteiger partial charge in [-0.05, 0) is 18.1 Å². The largest absolute Gasteiger partial charge is 0.380 e. The van der Waals surface area contributed by atoms with Gasteiger partial charge in [-0.3, -0.25) is 0 Å². The van der Waals surface area contributed by atoms with Crippen LogP contribution in [0.1, 0.15) is 10.4 Å². The fourth-order valence-corrected chi connectivity index (χ4v) is 2.41. The molecule has 0 unspecified atom stereocenters. The van der Waals surface area contributed by atoms with Gasteiger partial charge in [0.15, 0.2) is 0 Å². The lowest BCUT2D eigenvalue weighted by molar-refractivity contribution is 0.653. The van der Waals surface area contributed by atoms with Crippen LogP contribution in [-0.2, 0) is 13.0 Å². The Bertz CT molecular complexity index is 231. The van der Waals surface area contributed by atoms with Crippen molar-refractivity contribution in [1.82, 2.24) is 5.32 Å². The normalized spacial score (nSPS) is 16.1. The minimum Gasteiger partial charge on any atom is -0.380 e. The van der Waals surface area contributed by atoms with Crippen molar-refractivity contribution >= 4 is 16.3 Å². The monoisotopic (exact) mass is 168 g/mol. The Hall–Kier alpha value is -0.540. The van der Waals surface area contributed by atoms with E-state index in [4.69, 9.17) is 0 Å². The minimum absolute atomic E-state index is 1.05. The van der Waals surface area contributed by atoms with Crippen molar-refractivity contribution in [1.29, 1.82) is 0 Å². The summed E-state index contributed by atoms with van der Waals surface area (Å²) in [6.07, 6.45) is 1.20. The number of nitrogens with one attached hydrogen (secondary N) is 2. The molecule has 1 aromatic heterocycles. The van der Waals surface area contributed by atoms with E-state index in [-0.39, 0.29) is 0 Å². The summed E-state index contributed by atoms with van der Waals surface area (Å²) in [5.41, 5.74) is 1.48. The van der Waals surface area contributed by atoms with E-state index in [9.17, 15) is 0 Å². The summed E-state index contributed by atoms with van der Waals surface area (Å²) >= 11 is 1.88. The molecule has 1 aromatic rings. The molecule has 0 aliphatic carbocycles. The highest BCUT2D eigenvalue weighted by atomic mass is 32.1. The van der Waals surface area contributed by atoms with E-state index in [1.807, 2.05) is 18.4 Å². The van der Waals surface area contributed by atoms with Gasteiger partial charge in [0.05, 0.1) is 5.00 Å². The van der Waals surface area contributed by atoms with Crippen LogP contribution in [0.4, 0.5) is 5.00 Å². The molecule has 0 fully saturated rings. The Labute approximate surface area is 70.6 Å². The summed E-state index contributed by atoms with van der Waals surface area (Å²) in [5.74, 6) is 0. The molecule has 0 saturated heterocycles. The third-order valence-electron chi connectivity index (χ3n) is 1.99. The number of hydrogen-bond acceptors (Lipinski definition) is 3. The van der Waals surface area contributed by atoms with E-state index in [0.29, 0.717) is 0 Å². The third-order valence-corrected chi connectivity index (χ3v) is 3.24. The highest BCUT2D eigenvalue weighted by molar-refractivity contribution is 7.16. The number of anilines is 1. The first-order valence-electron chi connectivity index (χ1n) is 3.90. The average molecular weight is 168 g/mol. The van der Waals surface area contributed by atoms with Gasteiger partial charge in [-0.2, -0.15) is 0 Å². The predicted molar refractivity (Wildman–Crippen MR) is 49.3 cm³/mol. The summed E-state index contributed by atoms with van der Waals surface area (Å²) < 4.78 is 0. The van der Waals surface area contributed by atoms with Gasteiger partial charge in [0.1, 0.15) is 0 Å². The van der Waals surface area contributed by atoms with Crippen molar-refractivity contribution in [2.24, 2.45) is 0 Å². The zero-order valence-electron chi connectivity index (χ0n) is 6.61. The lowest BCUT2D eigenvalue weighted by atomic mass is 10.1. The fraction of sp³-hybridized carbons (Fsp3) is 0.500. The van der Waals surface area contributed by atoms with E-state index in [0.717, 1.165) is 13.1 Å². The molecule has 11 heavy (non-hydrogen) atoms. The Kier molecular flexibility index (Phi) is 1.84. The van der Waals surface area contributed by atoms with Gasteiger partial charge >= 0.3 is 0 Å². The van der Waals surface area contributed by atoms with Crippen molar-refractivity contribution in [3.05, 3.63) is 16.5 Å². The molecule has 0 bridgehead atoms. The van der Waals surface area contributed by atoms with Crippen LogP contribution in [0, 0.1) is 0 Å². The lowest BCUT2D eigenvalue weighted by Gasteiger charge is -2.10. The second-order valence-corrected chi connectivity index (χ2v) is 3.87. The van der Waals surface area contributed by atoms with Crippen molar-refractivity contribution < 1.29 is 0 Å². The van der Waals surface area contributed by atoms with E-state index in [1.54, 1.807) is 4.88 Å². The maximum Gasteiger partial charge on any atom is 0.0886 e. The van der Waals surface area contributed by atoms with Crippen LogP contribution >= 0.6 is 11.3 Å². The van der Waals surface area contributed by atoms with Crippen LogP contribution in [0.3, 0.4) is 0 Å². The molecule has 2 N–H and O–H groups in total. The summed E-state index contributed by atoms with van der Waals surface area (Å²) in [6, 6.07) is 2.24. The maximum atomic E-state index is 3.36. The Morgan fingerprint density at radius 3 is 3.27 bits per heavy atom. The average Bonchev–Trinajstić information content (AvgIpc) is 2.46. The van der Waals surface area contributed by atoms with Gasteiger partial charge < -0.3 is 10.6 Å². The number of thiophene rings is 1. The zero-order valence-corrected chi connectivity index (χ0v) is 7.42. The van der Waals surface area contributed by atoms with Gasteiger partial charge in [-0.15, -0.1) is 11.3 Å². The van der Waals surface area contributed by atoms with Gasteiger partial charge in [0, 0.05) is 25.0 Å². The van der Waals surface area contributed by atoms with E-state index < -0.39 is 0 Å². The lowest BCUT2D eigenvalue weighted by Crippen LogP contribution is -2.21. The molecular weight excluding hydrogens is 156 g/mol. The molecule has 0 spiro atoms. The van der Waals surface area contributed by atoms with Crippen LogP contribution in [0.15, 0.2) is 6.07 Å². The molecule has 0 aromatic carbocycles. The molecule has 1 aliphatic heterocycles. The SMILES string of the molecule is CNc1cc2c(s1)CCNC2. The van der Waals surface area contributed by atoms with E-state index in [1.165, 1.54) is 17.0 Å². The number of fused-ring (bicyclic) bond motifs is 1. The molecule has 3 heteroatoms. The van der Waals surface area contributed by atoms with Crippen molar-refractivity contribution in [2.75, 3.05) is 18.9 Å². The predicted octanol–water partition coefficient (Wildman–Crippen LogP) is 1.44. The van der Waals surface area contributed by atoms with Crippen LogP contribution in [-0.4, -0.2) is 13.6 Å². The molecule has 2 heterocycles. The van der Waals surface area contributed by atoms with Crippen LogP contribution in [0.5, 0.6) is 0 Å². The quantitative estimate of drug-likeness (QED) is 0.663. The molecular formula is C8H12N2S. The Balaban J connectivity index is 2.32.